The Morgan fingerprint density at radius 1 is 0.918 bits per heavy atom. The predicted octanol–water partition coefficient (Wildman–Crippen LogP) is 8.51. The van der Waals surface area contributed by atoms with E-state index >= 15 is 0 Å². The van der Waals surface area contributed by atoms with Gasteiger partial charge < -0.3 is 10.0 Å². The molecule has 2 aliphatic heterocycles. The average molecular weight is 684 g/mol. The Bertz CT molecular complexity index is 1950. The number of allylic oxidation sites excluding steroid dienone is 8. The molecule has 0 aromatic heterocycles. The van der Waals surface area contributed by atoms with E-state index in [4.69, 9.17) is 0 Å². The number of rotatable bonds is 11. The van der Waals surface area contributed by atoms with Crippen molar-refractivity contribution in [2.75, 3.05) is 24.2 Å². The molecule has 0 fully saturated rings. The van der Waals surface area contributed by atoms with Gasteiger partial charge in [-0.3, -0.25) is 9.35 Å². The predicted molar refractivity (Wildman–Crippen MR) is 197 cm³/mol. The van der Waals surface area contributed by atoms with E-state index in [1.165, 1.54) is 45.1 Å². The molecule has 6 rings (SSSR count). The van der Waals surface area contributed by atoms with Crippen LogP contribution in [0.1, 0.15) is 90.7 Å². The number of carboxylic acid groups (broad SMARTS) is 1. The zero-order valence-electron chi connectivity index (χ0n) is 29.8. The molecule has 0 saturated heterocycles. The summed E-state index contributed by atoms with van der Waals surface area (Å²) in [5, 5.41) is 9.45. The molecular formula is C41H51N2O5S+. The first-order valence-electron chi connectivity index (χ1n) is 17.6. The van der Waals surface area contributed by atoms with Crippen molar-refractivity contribution < 1.29 is 27.4 Å². The Labute approximate surface area is 292 Å². The van der Waals surface area contributed by atoms with E-state index in [0.717, 1.165) is 19.3 Å². The second-order valence-corrected chi connectivity index (χ2v) is 17.3. The van der Waals surface area contributed by atoms with Crippen molar-refractivity contribution in [2.24, 2.45) is 10.8 Å². The monoisotopic (exact) mass is 683 g/mol. The van der Waals surface area contributed by atoms with Crippen molar-refractivity contribution in [3.8, 4) is 0 Å². The average Bonchev–Trinajstić information content (AvgIpc) is 3.41. The van der Waals surface area contributed by atoms with Gasteiger partial charge in [0.05, 0.1) is 11.2 Å². The van der Waals surface area contributed by atoms with E-state index in [2.05, 4.69) is 130 Å². The number of fused-ring (bicyclic) bond motifs is 6. The number of carboxylic acids is 1. The lowest BCUT2D eigenvalue weighted by Gasteiger charge is -2.47. The van der Waals surface area contributed by atoms with Gasteiger partial charge in [0.25, 0.3) is 10.1 Å². The third-order valence-electron chi connectivity index (χ3n) is 12.4. The summed E-state index contributed by atoms with van der Waals surface area (Å²) < 4.78 is 34.3. The van der Waals surface area contributed by atoms with Crippen LogP contribution >= 0.6 is 0 Å². The van der Waals surface area contributed by atoms with Gasteiger partial charge in [0, 0.05) is 47.5 Å². The van der Waals surface area contributed by atoms with Crippen molar-refractivity contribution in [1.82, 2.24) is 0 Å². The van der Waals surface area contributed by atoms with Gasteiger partial charge in [-0.25, -0.2) is 0 Å². The van der Waals surface area contributed by atoms with E-state index in [0.29, 0.717) is 25.8 Å². The van der Waals surface area contributed by atoms with Crippen LogP contribution in [0, 0.1) is 10.8 Å². The molecule has 2 N–H and O–H groups in total. The zero-order valence-corrected chi connectivity index (χ0v) is 30.6. The van der Waals surface area contributed by atoms with Gasteiger partial charge in [-0.05, 0) is 92.1 Å². The van der Waals surface area contributed by atoms with Crippen molar-refractivity contribution in [3.05, 3.63) is 107 Å². The smallest absolute Gasteiger partial charge is 0.303 e. The number of nitrogens with zero attached hydrogens (tertiary/aromatic N) is 2. The van der Waals surface area contributed by atoms with Crippen LogP contribution in [0.5, 0.6) is 0 Å². The molecule has 7 nitrogen and oxygen atoms in total. The van der Waals surface area contributed by atoms with Gasteiger partial charge in [0.1, 0.15) is 7.05 Å². The lowest BCUT2D eigenvalue weighted by molar-refractivity contribution is -0.402. The first-order chi connectivity index (χ1) is 23.0. The summed E-state index contributed by atoms with van der Waals surface area (Å²) in [6.07, 6.45) is 15.8. The molecular weight excluding hydrogens is 633 g/mol. The third-order valence-corrected chi connectivity index (χ3v) is 13.2. The number of unbranched alkanes of at least 4 members (excludes halogenated alkanes) is 1. The Morgan fingerprint density at radius 2 is 1.61 bits per heavy atom. The van der Waals surface area contributed by atoms with E-state index < -0.39 is 16.1 Å². The van der Waals surface area contributed by atoms with Crippen LogP contribution in [0.3, 0.4) is 0 Å². The third kappa shape index (κ3) is 5.95. The van der Waals surface area contributed by atoms with E-state index in [1.54, 1.807) is 0 Å². The summed E-state index contributed by atoms with van der Waals surface area (Å²) >= 11 is 0. The van der Waals surface area contributed by atoms with Crippen molar-refractivity contribution in [1.29, 1.82) is 0 Å². The Morgan fingerprint density at radius 3 is 2.33 bits per heavy atom. The maximum atomic E-state index is 11.5. The van der Waals surface area contributed by atoms with E-state index in [-0.39, 0.29) is 33.8 Å². The van der Waals surface area contributed by atoms with Crippen LogP contribution < -0.4 is 4.90 Å². The van der Waals surface area contributed by atoms with Crippen LogP contribution in [0.2, 0.25) is 0 Å². The van der Waals surface area contributed by atoms with Gasteiger partial charge in [-0.2, -0.15) is 13.0 Å². The maximum Gasteiger partial charge on any atom is 0.303 e. The fourth-order valence-corrected chi connectivity index (χ4v) is 9.88. The molecule has 260 valence electrons. The number of anilines is 1. The van der Waals surface area contributed by atoms with E-state index in [1.807, 2.05) is 0 Å². The Hall–Kier alpha value is -3.75. The Kier molecular flexibility index (Phi) is 8.98. The molecule has 2 aromatic carbocycles. The molecule has 0 radical (unpaired) electrons. The quantitative estimate of drug-likeness (QED) is 0.140. The highest BCUT2D eigenvalue weighted by atomic mass is 32.2. The normalized spacial score (nSPS) is 27.9. The fourth-order valence-electron chi connectivity index (χ4n) is 9.31. The molecule has 0 bridgehead atoms. The summed E-state index contributed by atoms with van der Waals surface area (Å²) in [5.41, 5.74) is 9.29. The number of para-hydroxylation sites is 2. The van der Waals surface area contributed by atoms with Gasteiger partial charge in [-0.1, -0.05) is 75.4 Å². The molecule has 4 aliphatic rings. The SMILES string of the molecule is C[N+]1=C2C=C(/C=C/C=C3/C=C4N(CCCCS(=O)(=O)O)c5ccccc5C4(C)C(C)(C)C3)CC(C)(CCCC(=O)O)C2(C)c2ccccc21. The topological polar surface area (TPSA) is 97.9 Å². The fraction of sp³-hybridized carbons (Fsp3) is 0.463. The highest BCUT2D eigenvalue weighted by Gasteiger charge is 2.59. The molecule has 3 unspecified atom stereocenters. The lowest BCUT2D eigenvalue weighted by Crippen LogP contribution is -2.49. The van der Waals surface area contributed by atoms with Crippen LogP contribution in [-0.2, 0) is 25.7 Å². The van der Waals surface area contributed by atoms with Crippen molar-refractivity contribution in [3.63, 3.8) is 0 Å². The standard InChI is InChI=1S/C41H50N2O5S/c1-38(2)27-29(26-36-40(38,4)32-18-8-10-20-34(32)43(36)23-11-12-24-49(46,47)48)15-13-16-30-25-35-41(5,31-17-7-9-19-33(31)42(35)6)39(3,28-30)22-14-21-37(44)45/h7-10,13,15-20,25-26H,11-12,14,21-24,27-28H2,1-6H3,(H-,44,45,46,47,48)/p+1. The number of hydrogen-bond donors (Lipinski definition) is 2. The molecule has 0 amide bonds. The van der Waals surface area contributed by atoms with Crippen LogP contribution in [-0.4, -0.2) is 53.7 Å². The zero-order chi connectivity index (χ0) is 35.4. The van der Waals surface area contributed by atoms with Gasteiger partial charge in [-0.15, -0.1) is 0 Å². The minimum absolute atomic E-state index is 0.0845. The molecule has 0 spiro atoms. The lowest BCUT2D eigenvalue weighted by atomic mass is 9.53. The summed E-state index contributed by atoms with van der Waals surface area (Å²) in [6.45, 7) is 12.4. The summed E-state index contributed by atoms with van der Waals surface area (Å²) in [4.78, 5) is 13.9. The van der Waals surface area contributed by atoms with Crippen LogP contribution in [0.4, 0.5) is 11.4 Å². The first kappa shape index (κ1) is 35.1. The highest BCUT2D eigenvalue weighted by molar-refractivity contribution is 7.85. The van der Waals surface area contributed by atoms with Crippen LogP contribution in [0.15, 0.2) is 95.8 Å². The summed E-state index contributed by atoms with van der Waals surface area (Å²) in [7, 11) is -1.84. The summed E-state index contributed by atoms with van der Waals surface area (Å²) in [6, 6.07) is 17.2. The highest BCUT2D eigenvalue weighted by Crippen LogP contribution is 2.61. The largest absolute Gasteiger partial charge is 0.481 e. The number of aliphatic carboxylic acids is 1. The number of carbonyl (C=O) groups is 1. The molecule has 2 aliphatic carbocycles. The second-order valence-electron chi connectivity index (χ2n) is 15.8. The number of hydrogen-bond acceptors (Lipinski definition) is 4. The van der Waals surface area contributed by atoms with Gasteiger partial charge in [0.2, 0.25) is 5.69 Å². The molecule has 49 heavy (non-hydrogen) atoms. The first-order valence-corrected chi connectivity index (χ1v) is 19.2. The van der Waals surface area contributed by atoms with E-state index in [9.17, 15) is 22.9 Å². The molecule has 2 aromatic rings. The molecule has 0 saturated carbocycles. The number of benzene rings is 2. The minimum atomic E-state index is -3.99. The molecule has 2 heterocycles. The minimum Gasteiger partial charge on any atom is -0.481 e. The maximum absolute atomic E-state index is 11.5. The molecule has 8 heteroatoms. The molecule has 3 atom stereocenters. The Balaban J connectivity index is 1.33. The summed E-state index contributed by atoms with van der Waals surface area (Å²) in [5.74, 6) is -0.975. The second kappa shape index (κ2) is 12.5. The van der Waals surface area contributed by atoms with Crippen molar-refractivity contribution >= 4 is 33.2 Å². The van der Waals surface area contributed by atoms with Gasteiger partial charge >= 0.3 is 5.97 Å². The van der Waals surface area contributed by atoms with Crippen LogP contribution in [0.25, 0.3) is 0 Å². The van der Waals surface area contributed by atoms with Crippen molar-refractivity contribution in [2.45, 2.75) is 90.4 Å². The van der Waals surface area contributed by atoms with Gasteiger partial charge in [0.15, 0.2) is 5.71 Å².